The van der Waals surface area contributed by atoms with Gasteiger partial charge in [0.1, 0.15) is 0 Å². The van der Waals surface area contributed by atoms with Gasteiger partial charge in [0, 0.05) is 11.1 Å². The fraction of sp³-hybridized carbons (Fsp3) is 1.00. The summed E-state index contributed by atoms with van der Waals surface area (Å²) < 4.78 is 0. The minimum atomic E-state index is 0.411. The SMILES string of the molecule is CCCCCCN1C(C)(C)CCCC1(C)C. The zero-order valence-corrected chi connectivity index (χ0v) is 12.1. The van der Waals surface area contributed by atoms with Crippen LogP contribution in [0.5, 0.6) is 0 Å². The summed E-state index contributed by atoms with van der Waals surface area (Å²) in [5, 5.41) is 0. The van der Waals surface area contributed by atoms with Gasteiger partial charge in [-0.05, 0) is 59.9 Å². The van der Waals surface area contributed by atoms with Crippen LogP contribution in [-0.4, -0.2) is 22.5 Å². The summed E-state index contributed by atoms with van der Waals surface area (Å²) >= 11 is 0. The molecule has 1 aliphatic rings. The van der Waals surface area contributed by atoms with Crippen molar-refractivity contribution in [3.05, 3.63) is 0 Å². The maximum atomic E-state index is 2.76. The maximum absolute atomic E-state index is 2.76. The first-order chi connectivity index (χ1) is 7.40. The Balaban J connectivity index is 2.50. The van der Waals surface area contributed by atoms with Gasteiger partial charge in [0.2, 0.25) is 0 Å². The van der Waals surface area contributed by atoms with Gasteiger partial charge >= 0.3 is 0 Å². The van der Waals surface area contributed by atoms with Crippen LogP contribution < -0.4 is 0 Å². The molecule has 0 bridgehead atoms. The molecule has 16 heavy (non-hydrogen) atoms. The van der Waals surface area contributed by atoms with Crippen LogP contribution in [0.2, 0.25) is 0 Å². The molecule has 0 N–H and O–H groups in total. The van der Waals surface area contributed by atoms with Crippen molar-refractivity contribution in [3.8, 4) is 0 Å². The lowest BCUT2D eigenvalue weighted by Gasteiger charge is -2.53. The van der Waals surface area contributed by atoms with Crippen molar-refractivity contribution in [1.82, 2.24) is 4.90 Å². The van der Waals surface area contributed by atoms with Gasteiger partial charge in [0.05, 0.1) is 0 Å². The molecule has 0 saturated carbocycles. The summed E-state index contributed by atoms with van der Waals surface area (Å²) in [6.45, 7) is 13.3. The van der Waals surface area contributed by atoms with E-state index in [1.54, 1.807) is 0 Å². The van der Waals surface area contributed by atoms with Crippen LogP contribution in [0.4, 0.5) is 0 Å². The van der Waals surface area contributed by atoms with Gasteiger partial charge in [-0.25, -0.2) is 0 Å². The van der Waals surface area contributed by atoms with Crippen molar-refractivity contribution in [2.24, 2.45) is 0 Å². The summed E-state index contributed by atoms with van der Waals surface area (Å²) in [6.07, 6.45) is 9.64. The second kappa shape index (κ2) is 5.53. The normalized spacial score (nSPS) is 24.6. The molecule has 1 nitrogen and oxygen atoms in total. The molecular weight excluding hydrogens is 194 g/mol. The van der Waals surface area contributed by atoms with Gasteiger partial charge in [0.25, 0.3) is 0 Å². The minimum Gasteiger partial charge on any atom is -0.293 e. The Kier molecular flexibility index (Phi) is 4.85. The molecule has 0 spiro atoms. The predicted octanol–water partition coefficient (Wildman–Crippen LogP) is 4.61. The van der Waals surface area contributed by atoms with Gasteiger partial charge in [-0.15, -0.1) is 0 Å². The van der Waals surface area contributed by atoms with Crippen LogP contribution >= 0.6 is 0 Å². The van der Waals surface area contributed by atoms with Crippen LogP contribution in [0, 0.1) is 0 Å². The molecule has 0 amide bonds. The van der Waals surface area contributed by atoms with Crippen LogP contribution in [-0.2, 0) is 0 Å². The third-order valence-corrected chi connectivity index (χ3v) is 4.27. The molecule has 1 rings (SSSR count). The third-order valence-electron chi connectivity index (χ3n) is 4.27. The predicted molar refractivity (Wildman–Crippen MR) is 72.9 cm³/mol. The molecule has 1 aliphatic heterocycles. The van der Waals surface area contributed by atoms with E-state index in [-0.39, 0.29) is 0 Å². The summed E-state index contributed by atoms with van der Waals surface area (Å²) in [5.41, 5.74) is 0.821. The molecule has 1 heterocycles. The molecule has 0 radical (unpaired) electrons. The number of nitrogens with zero attached hydrogens (tertiary/aromatic N) is 1. The highest BCUT2D eigenvalue weighted by Crippen LogP contribution is 2.38. The summed E-state index contributed by atoms with van der Waals surface area (Å²) in [4.78, 5) is 2.76. The molecule has 1 fully saturated rings. The number of likely N-dealkylation sites (tertiary alicyclic amines) is 1. The average Bonchev–Trinajstić information content (AvgIpc) is 2.14. The van der Waals surface area contributed by atoms with Gasteiger partial charge in [-0.1, -0.05) is 26.2 Å². The van der Waals surface area contributed by atoms with E-state index >= 15 is 0 Å². The maximum Gasteiger partial charge on any atom is 0.0158 e. The first-order valence-corrected chi connectivity index (χ1v) is 7.18. The number of hydrogen-bond donors (Lipinski definition) is 0. The van der Waals surface area contributed by atoms with Gasteiger partial charge in [-0.3, -0.25) is 4.90 Å². The zero-order valence-electron chi connectivity index (χ0n) is 12.1. The average molecular weight is 225 g/mol. The molecule has 96 valence electrons. The van der Waals surface area contributed by atoms with E-state index in [1.807, 2.05) is 0 Å². The van der Waals surface area contributed by atoms with E-state index in [2.05, 4.69) is 39.5 Å². The van der Waals surface area contributed by atoms with Crippen LogP contribution in [0.25, 0.3) is 0 Å². The molecule has 1 heteroatoms. The highest BCUT2D eigenvalue weighted by Gasteiger charge is 2.40. The van der Waals surface area contributed by atoms with E-state index < -0.39 is 0 Å². The Labute approximate surface area is 103 Å². The fourth-order valence-corrected chi connectivity index (χ4v) is 3.34. The molecule has 0 aliphatic carbocycles. The Morgan fingerprint density at radius 3 is 1.94 bits per heavy atom. The topological polar surface area (TPSA) is 3.24 Å². The summed E-state index contributed by atoms with van der Waals surface area (Å²) in [7, 11) is 0. The van der Waals surface area contributed by atoms with Gasteiger partial charge < -0.3 is 0 Å². The first kappa shape index (κ1) is 14.0. The van der Waals surface area contributed by atoms with E-state index in [1.165, 1.54) is 51.5 Å². The van der Waals surface area contributed by atoms with Crippen LogP contribution in [0.3, 0.4) is 0 Å². The van der Waals surface area contributed by atoms with Crippen molar-refractivity contribution in [2.75, 3.05) is 6.54 Å². The zero-order chi connectivity index (χ0) is 12.2. The summed E-state index contributed by atoms with van der Waals surface area (Å²) in [6, 6.07) is 0. The second-order valence-electron chi connectivity index (χ2n) is 6.69. The molecule has 0 aromatic rings. The lowest BCUT2D eigenvalue weighted by Crippen LogP contribution is -2.58. The van der Waals surface area contributed by atoms with Crippen LogP contribution in [0.1, 0.15) is 79.6 Å². The largest absolute Gasteiger partial charge is 0.293 e. The Hall–Kier alpha value is -0.0400. The first-order valence-electron chi connectivity index (χ1n) is 7.18. The highest BCUT2D eigenvalue weighted by atomic mass is 15.3. The summed E-state index contributed by atoms with van der Waals surface area (Å²) in [5.74, 6) is 0. The standard InChI is InChI=1S/C15H31N/c1-6-7-8-9-13-16-14(2,3)11-10-12-15(16,4)5/h6-13H2,1-5H3. The van der Waals surface area contributed by atoms with Crippen molar-refractivity contribution in [2.45, 2.75) is 90.6 Å². The van der Waals surface area contributed by atoms with Gasteiger partial charge in [-0.2, -0.15) is 0 Å². The molecule has 1 saturated heterocycles. The number of rotatable bonds is 5. The Morgan fingerprint density at radius 1 is 0.875 bits per heavy atom. The molecule has 0 unspecified atom stereocenters. The molecule has 0 atom stereocenters. The fourth-order valence-electron chi connectivity index (χ4n) is 3.34. The number of unbranched alkanes of at least 4 members (excludes halogenated alkanes) is 3. The Bertz CT molecular complexity index is 189. The highest BCUT2D eigenvalue weighted by molar-refractivity contribution is 4.96. The van der Waals surface area contributed by atoms with Crippen LogP contribution in [0.15, 0.2) is 0 Å². The van der Waals surface area contributed by atoms with Crippen molar-refractivity contribution < 1.29 is 0 Å². The smallest absolute Gasteiger partial charge is 0.0158 e. The van der Waals surface area contributed by atoms with Crippen molar-refractivity contribution >= 4 is 0 Å². The molecular formula is C15H31N. The van der Waals surface area contributed by atoms with E-state index in [4.69, 9.17) is 0 Å². The Morgan fingerprint density at radius 2 is 1.44 bits per heavy atom. The molecule has 0 aromatic carbocycles. The quantitative estimate of drug-likeness (QED) is 0.618. The number of piperidine rings is 1. The lowest BCUT2D eigenvalue weighted by molar-refractivity contribution is -0.0276. The van der Waals surface area contributed by atoms with E-state index in [0.29, 0.717) is 11.1 Å². The van der Waals surface area contributed by atoms with Crippen molar-refractivity contribution in [3.63, 3.8) is 0 Å². The lowest BCUT2D eigenvalue weighted by atomic mass is 9.79. The van der Waals surface area contributed by atoms with Gasteiger partial charge in [0.15, 0.2) is 0 Å². The van der Waals surface area contributed by atoms with E-state index in [9.17, 15) is 0 Å². The second-order valence-corrected chi connectivity index (χ2v) is 6.69. The molecule has 0 aromatic heterocycles. The third kappa shape index (κ3) is 3.48. The minimum absolute atomic E-state index is 0.411. The van der Waals surface area contributed by atoms with E-state index in [0.717, 1.165) is 0 Å². The number of hydrogen-bond acceptors (Lipinski definition) is 1. The van der Waals surface area contributed by atoms with Crippen molar-refractivity contribution in [1.29, 1.82) is 0 Å². The monoisotopic (exact) mass is 225 g/mol.